The summed E-state index contributed by atoms with van der Waals surface area (Å²) in [5.41, 5.74) is 0.248. The number of aromatic carboxylic acids is 1. The van der Waals surface area contributed by atoms with Crippen molar-refractivity contribution in [3.63, 3.8) is 0 Å². The fourth-order valence-electron chi connectivity index (χ4n) is 3.25. The largest absolute Gasteiger partial charge is 0.493 e. The maximum absolute atomic E-state index is 11.1. The fourth-order valence-corrected chi connectivity index (χ4v) is 3.25. The van der Waals surface area contributed by atoms with Gasteiger partial charge in [0.2, 0.25) is 0 Å². The van der Waals surface area contributed by atoms with Crippen molar-refractivity contribution >= 4 is 29.0 Å². The maximum atomic E-state index is 11.1. The van der Waals surface area contributed by atoms with Gasteiger partial charge in [0, 0.05) is 0 Å². The molecule has 27 heavy (non-hydrogen) atoms. The van der Waals surface area contributed by atoms with Crippen LogP contribution in [0.25, 0.3) is 0 Å². The first kappa shape index (κ1) is 26.3. The Morgan fingerprint density at radius 3 is 1.70 bits per heavy atom. The third kappa shape index (κ3) is 14.0. The second-order valence-corrected chi connectivity index (χ2v) is 7.25. The second-order valence-electron chi connectivity index (χ2n) is 7.25. The number of hydrogen-bond donors (Lipinski definition) is 1. The van der Waals surface area contributed by atoms with Gasteiger partial charge in [0.25, 0.3) is 0 Å². The Morgan fingerprint density at radius 1 is 0.778 bits per heavy atom. The number of benzene rings is 1. The maximum Gasteiger partial charge on any atom is 0.339 e. The van der Waals surface area contributed by atoms with Gasteiger partial charge >= 0.3 is 29.0 Å². The molecule has 0 unspecified atom stereocenters. The van der Waals surface area contributed by atoms with E-state index in [1.165, 1.54) is 77.0 Å². The van der Waals surface area contributed by atoms with Crippen molar-refractivity contribution in [2.45, 2.75) is 96.8 Å². The number of unbranched alkanes of at least 4 members (excludes halogenated alkanes) is 13. The Morgan fingerprint density at radius 2 is 1.22 bits per heavy atom. The first-order valence-corrected chi connectivity index (χ1v) is 10.7. The van der Waals surface area contributed by atoms with Crippen LogP contribution < -0.4 is 4.74 Å². The lowest BCUT2D eigenvalue weighted by atomic mass is 10.0. The summed E-state index contributed by atoms with van der Waals surface area (Å²) in [6.07, 6.45) is 18.6. The molecule has 1 rings (SSSR count). The van der Waals surface area contributed by atoms with E-state index in [1.54, 1.807) is 18.2 Å². The first-order chi connectivity index (χ1) is 12.8. The molecule has 0 bridgehead atoms. The van der Waals surface area contributed by atoms with Crippen LogP contribution in [0.1, 0.15) is 107 Å². The number of carboxylic acid groups (broad SMARTS) is 1. The molecule has 0 spiro atoms. The number of hydrogen-bond acceptors (Lipinski definition) is 2. The third-order valence-electron chi connectivity index (χ3n) is 4.87. The molecule has 4 heteroatoms. The second kappa shape index (κ2) is 18.6. The number of carboxylic acids is 1. The van der Waals surface area contributed by atoms with Crippen molar-refractivity contribution in [1.29, 1.82) is 0 Å². The zero-order valence-corrected chi connectivity index (χ0v) is 16.7. The van der Waals surface area contributed by atoms with Crippen LogP contribution in [-0.4, -0.2) is 40.7 Å². The van der Waals surface area contributed by atoms with Gasteiger partial charge in [-0.25, -0.2) is 4.79 Å². The average molecular weight is 389 g/mol. The van der Waals surface area contributed by atoms with Crippen LogP contribution >= 0.6 is 0 Å². The quantitative estimate of drug-likeness (QED) is 0.250. The molecule has 0 aromatic heterocycles. The van der Waals surface area contributed by atoms with Crippen LogP contribution in [0.3, 0.4) is 0 Å². The van der Waals surface area contributed by atoms with Crippen LogP contribution in [0, 0.1) is 0 Å². The molecule has 0 aliphatic rings. The van der Waals surface area contributed by atoms with Gasteiger partial charge in [-0.1, -0.05) is 103 Å². The Kier molecular flexibility index (Phi) is 18.1. The number of carbonyl (C=O) groups is 1. The van der Waals surface area contributed by atoms with E-state index in [-0.39, 0.29) is 28.6 Å². The number of rotatable bonds is 17. The van der Waals surface area contributed by atoms with Crippen molar-refractivity contribution in [3.05, 3.63) is 29.8 Å². The van der Waals surface area contributed by atoms with Gasteiger partial charge in [0.1, 0.15) is 11.3 Å². The molecule has 0 fully saturated rings. The SMILES string of the molecule is CCCCCCCCCCCCCCCCOc1ccccc1C(=O)O.[MgH2]. The highest BCUT2D eigenvalue weighted by atomic mass is 24.3. The van der Waals surface area contributed by atoms with E-state index in [2.05, 4.69) is 6.92 Å². The van der Waals surface area contributed by atoms with Crippen molar-refractivity contribution in [3.8, 4) is 5.75 Å². The smallest absolute Gasteiger partial charge is 0.339 e. The summed E-state index contributed by atoms with van der Waals surface area (Å²) in [6.45, 7) is 2.87. The highest BCUT2D eigenvalue weighted by Gasteiger charge is 2.09. The molecule has 1 aromatic carbocycles. The lowest BCUT2D eigenvalue weighted by Gasteiger charge is -2.08. The predicted molar refractivity (Wildman–Crippen MR) is 118 cm³/mol. The Balaban J connectivity index is 0.00000676. The van der Waals surface area contributed by atoms with Crippen LogP contribution in [0.4, 0.5) is 0 Å². The predicted octanol–water partition coefficient (Wildman–Crippen LogP) is 6.33. The molecule has 0 atom stereocenters. The minimum absolute atomic E-state index is 0. The normalized spacial score (nSPS) is 10.4. The molecule has 1 N–H and O–H groups in total. The van der Waals surface area contributed by atoms with Gasteiger partial charge in [-0.05, 0) is 18.6 Å². The highest BCUT2D eigenvalue weighted by molar-refractivity contribution is 5.90. The Labute approximate surface area is 182 Å². The molecule has 152 valence electrons. The topological polar surface area (TPSA) is 46.5 Å². The molecule has 0 heterocycles. The van der Waals surface area contributed by atoms with Gasteiger partial charge in [0.05, 0.1) is 6.61 Å². The zero-order chi connectivity index (χ0) is 18.9. The summed E-state index contributed by atoms with van der Waals surface area (Å²) in [6, 6.07) is 6.85. The number of ether oxygens (including phenoxy) is 1. The highest BCUT2D eigenvalue weighted by Crippen LogP contribution is 2.18. The lowest BCUT2D eigenvalue weighted by molar-refractivity contribution is 0.0692. The van der Waals surface area contributed by atoms with Crippen molar-refractivity contribution in [2.24, 2.45) is 0 Å². The van der Waals surface area contributed by atoms with Gasteiger partial charge < -0.3 is 9.84 Å². The van der Waals surface area contributed by atoms with Crippen molar-refractivity contribution < 1.29 is 14.6 Å². The minimum Gasteiger partial charge on any atom is -0.493 e. The summed E-state index contributed by atoms with van der Waals surface area (Å²) in [4.78, 5) is 11.1. The standard InChI is InChI=1S/C23H38O3.Mg.2H/c1-2-3-4-5-6-7-8-9-10-11-12-13-14-17-20-26-22-19-16-15-18-21(22)23(24)25;;;/h15-16,18-19H,2-14,17,20H2,1H3,(H,24,25);;;. The fraction of sp³-hybridized carbons (Fsp3) is 0.696. The van der Waals surface area contributed by atoms with Crippen LogP contribution in [0.15, 0.2) is 24.3 Å². The zero-order valence-electron chi connectivity index (χ0n) is 16.7. The molecule has 1 aromatic rings. The molecule has 0 aliphatic heterocycles. The van der Waals surface area contributed by atoms with E-state index in [0.717, 1.165) is 12.8 Å². The van der Waals surface area contributed by atoms with Gasteiger partial charge in [-0.3, -0.25) is 0 Å². The molecule has 0 radical (unpaired) electrons. The summed E-state index contributed by atoms with van der Waals surface area (Å²) < 4.78 is 5.62. The molecular formula is C23H40MgO3. The van der Waals surface area contributed by atoms with E-state index in [1.807, 2.05) is 6.07 Å². The molecule has 0 saturated carbocycles. The van der Waals surface area contributed by atoms with E-state index >= 15 is 0 Å². The summed E-state index contributed by atoms with van der Waals surface area (Å²) in [5, 5.41) is 9.11. The minimum atomic E-state index is -0.929. The molecular weight excluding hydrogens is 349 g/mol. The van der Waals surface area contributed by atoms with E-state index in [9.17, 15) is 4.79 Å². The van der Waals surface area contributed by atoms with E-state index in [4.69, 9.17) is 9.84 Å². The van der Waals surface area contributed by atoms with Crippen molar-refractivity contribution in [2.75, 3.05) is 6.61 Å². The van der Waals surface area contributed by atoms with E-state index < -0.39 is 5.97 Å². The summed E-state index contributed by atoms with van der Waals surface area (Å²) in [7, 11) is 0. The average Bonchev–Trinajstić information content (AvgIpc) is 2.65. The first-order valence-electron chi connectivity index (χ1n) is 10.7. The van der Waals surface area contributed by atoms with Gasteiger partial charge in [-0.2, -0.15) is 0 Å². The van der Waals surface area contributed by atoms with Gasteiger partial charge in [0.15, 0.2) is 0 Å². The Bertz CT molecular complexity index is 476. The van der Waals surface area contributed by atoms with Crippen LogP contribution in [0.2, 0.25) is 0 Å². The van der Waals surface area contributed by atoms with Crippen LogP contribution in [0.5, 0.6) is 5.75 Å². The lowest BCUT2D eigenvalue weighted by Crippen LogP contribution is -2.04. The monoisotopic (exact) mass is 388 g/mol. The van der Waals surface area contributed by atoms with Gasteiger partial charge in [-0.15, -0.1) is 0 Å². The molecule has 0 saturated heterocycles. The number of para-hydroxylation sites is 1. The molecule has 0 amide bonds. The summed E-state index contributed by atoms with van der Waals surface area (Å²) in [5.74, 6) is -0.448. The van der Waals surface area contributed by atoms with Crippen LogP contribution in [-0.2, 0) is 0 Å². The van der Waals surface area contributed by atoms with E-state index in [0.29, 0.717) is 12.4 Å². The van der Waals surface area contributed by atoms with Crippen molar-refractivity contribution in [1.82, 2.24) is 0 Å². The third-order valence-corrected chi connectivity index (χ3v) is 4.87. The summed E-state index contributed by atoms with van der Waals surface area (Å²) >= 11 is 0. The Hall–Kier alpha value is -0.744. The molecule has 3 nitrogen and oxygen atoms in total. The molecule has 0 aliphatic carbocycles.